The molecule has 3 aromatic rings. The summed E-state index contributed by atoms with van der Waals surface area (Å²) < 4.78 is 134. The Bertz CT molecular complexity index is 1130. The van der Waals surface area contributed by atoms with Crippen molar-refractivity contribution in [3.63, 3.8) is 0 Å². The fourth-order valence-corrected chi connectivity index (χ4v) is 5.16. The standard InChI is InChI=1S/C18H15S.C4HF9O3S/c1-4-10-16(11-5-1)19(17-12-6-2-7-13-17)18-14-8-3-9-15-18;5-1(6,3(9,10)11)2(7,8)4(12,13)17(14,15)16/h1-15H;(H,14,15,16)/q+1;. The molecule has 0 radical (unpaired) electrons. The van der Waals surface area contributed by atoms with Crippen LogP contribution in [0.25, 0.3) is 0 Å². The first-order valence-corrected chi connectivity index (χ1v) is 12.2. The summed E-state index contributed by atoms with van der Waals surface area (Å²) >= 11 is 0. The average Bonchev–Trinajstić information content (AvgIpc) is 2.80. The Hall–Kier alpha value is -2.71. The van der Waals surface area contributed by atoms with Gasteiger partial charge in [0.1, 0.15) is 0 Å². The van der Waals surface area contributed by atoms with E-state index in [0.29, 0.717) is 0 Å². The van der Waals surface area contributed by atoms with Gasteiger partial charge >= 0.3 is 33.4 Å². The van der Waals surface area contributed by atoms with Crippen molar-refractivity contribution in [3.05, 3.63) is 91.0 Å². The van der Waals surface area contributed by atoms with Crippen molar-refractivity contribution in [1.82, 2.24) is 0 Å². The molecule has 1 N–H and O–H groups in total. The molecular formula is C22H16F9O3S2+. The van der Waals surface area contributed by atoms with Gasteiger partial charge in [-0.1, -0.05) is 54.6 Å². The Kier molecular flexibility index (Phi) is 8.80. The van der Waals surface area contributed by atoms with Gasteiger partial charge in [-0.25, -0.2) is 0 Å². The van der Waals surface area contributed by atoms with Crippen molar-refractivity contribution in [1.29, 1.82) is 0 Å². The number of hydrogen-bond acceptors (Lipinski definition) is 2. The second-order valence-electron chi connectivity index (χ2n) is 6.88. The van der Waals surface area contributed by atoms with Crippen molar-refractivity contribution in [2.75, 3.05) is 0 Å². The molecule has 0 saturated carbocycles. The molecule has 0 unspecified atom stereocenters. The SMILES string of the molecule is O=S(=O)(O)C(F)(F)C(F)(F)C(F)(F)C(F)(F)F.c1ccc([S+](c2ccccc2)c2ccccc2)cc1. The topological polar surface area (TPSA) is 54.4 Å². The molecule has 0 saturated heterocycles. The van der Waals surface area contributed by atoms with Crippen LogP contribution in [0.3, 0.4) is 0 Å². The van der Waals surface area contributed by atoms with E-state index in [1.165, 1.54) is 14.7 Å². The minimum absolute atomic E-state index is 0.0146. The van der Waals surface area contributed by atoms with Crippen molar-refractivity contribution >= 4 is 21.0 Å². The second-order valence-corrected chi connectivity index (χ2v) is 10.4. The number of alkyl halides is 9. The van der Waals surface area contributed by atoms with Crippen LogP contribution in [0.4, 0.5) is 39.5 Å². The first-order valence-electron chi connectivity index (χ1n) is 9.52. The summed E-state index contributed by atoms with van der Waals surface area (Å²) in [5, 5.41) is -7.00. The zero-order valence-corrected chi connectivity index (χ0v) is 19.3. The van der Waals surface area contributed by atoms with E-state index in [-0.39, 0.29) is 10.9 Å². The van der Waals surface area contributed by atoms with Crippen molar-refractivity contribution in [2.24, 2.45) is 0 Å². The number of benzene rings is 3. The largest absolute Gasteiger partial charge is 0.460 e. The molecule has 0 aromatic heterocycles. The van der Waals surface area contributed by atoms with Crippen LogP contribution in [0.15, 0.2) is 106 Å². The average molecular weight is 563 g/mol. The quantitative estimate of drug-likeness (QED) is 0.198. The fourth-order valence-electron chi connectivity index (χ4n) is 2.60. The molecule has 196 valence electrons. The third-order valence-electron chi connectivity index (χ3n) is 4.38. The van der Waals surface area contributed by atoms with Gasteiger partial charge in [0, 0.05) is 0 Å². The van der Waals surface area contributed by atoms with E-state index in [4.69, 9.17) is 4.55 Å². The predicted molar refractivity (Wildman–Crippen MR) is 114 cm³/mol. The first kappa shape index (κ1) is 29.5. The van der Waals surface area contributed by atoms with Gasteiger partial charge in [-0.15, -0.1) is 0 Å². The van der Waals surface area contributed by atoms with Crippen LogP contribution in [0.5, 0.6) is 0 Å². The highest BCUT2D eigenvalue weighted by Gasteiger charge is 2.85. The van der Waals surface area contributed by atoms with Gasteiger partial charge in [0.2, 0.25) is 0 Å². The summed E-state index contributed by atoms with van der Waals surface area (Å²) in [7, 11) is -7.18. The van der Waals surface area contributed by atoms with E-state index in [2.05, 4.69) is 91.0 Å². The lowest BCUT2D eigenvalue weighted by Gasteiger charge is -2.31. The predicted octanol–water partition coefficient (Wildman–Crippen LogP) is 7.08. The molecule has 36 heavy (non-hydrogen) atoms. The van der Waals surface area contributed by atoms with Gasteiger partial charge in [-0.05, 0) is 36.4 Å². The minimum Gasteiger partial charge on any atom is -0.281 e. The Morgan fingerprint density at radius 3 is 1.03 bits per heavy atom. The molecule has 0 spiro atoms. The summed E-state index contributed by atoms with van der Waals surface area (Å²) in [4.78, 5) is 4.08. The van der Waals surface area contributed by atoms with Crippen molar-refractivity contribution in [2.45, 2.75) is 38.0 Å². The van der Waals surface area contributed by atoms with E-state index < -0.39 is 33.4 Å². The summed E-state index contributed by atoms with van der Waals surface area (Å²) in [5.74, 6) is -14.7. The molecule has 3 aromatic carbocycles. The molecule has 0 heterocycles. The van der Waals surface area contributed by atoms with Crippen LogP contribution < -0.4 is 0 Å². The normalized spacial score (nSPS) is 13.2. The van der Waals surface area contributed by atoms with Crippen molar-refractivity contribution in [3.8, 4) is 0 Å². The number of halogens is 9. The number of rotatable bonds is 6. The maximum Gasteiger partial charge on any atom is 0.460 e. The molecular weight excluding hydrogens is 547 g/mol. The Morgan fingerprint density at radius 1 is 0.528 bits per heavy atom. The van der Waals surface area contributed by atoms with Crippen LogP contribution >= 0.6 is 0 Å². The van der Waals surface area contributed by atoms with Gasteiger partial charge in [0.25, 0.3) is 0 Å². The van der Waals surface area contributed by atoms with Crippen LogP contribution in [0, 0.1) is 0 Å². The van der Waals surface area contributed by atoms with Gasteiger partial charge in [0.15, 0.2) is 14.7 Å². The van der Waals surface area contributed by atoms with Crippen LogP contribution in [0.1, 0.15) is 0 Å². The van der Waals surface area contributed by atoms with E-state index in [9.17, 15) is 47.9 Å². The number of hydrogen-bond donors (Lipinski definition) is 1. The molecule has 0 aliphatic heterocycles. The molecule has 3 rings (SSSR count). The Morgan fingerprint density at radius 2 is 0.806 bits per heavy atom. The third kappa shape index (κ3) is 5.98. The van der Waals surface area contributed by atoms with E-state index in [1.807, 2.05) is 0 Å². The molecule has 0 amide bonds. The van der Waals surface area contributed by atoms with Crippen LogP contribution in [-0.4, -0.2) is 36.2 Å². The second kappa shape index (κ2) is 10.7. The molecule has 0 bridgehead atoms. The molecule has 0 aliphatic rings. The molecule has 0 atom stereocenters. The van der Waals surface area contributed by atoms with Gasteiger partial charge in [-0.3, -0.25) is 4.55 Å². The lowest BCUT2D eigenvalue weighted by molar-refractivity contribution is -0.382. The summed E-state index contributed by atoms with van der Waals surface area (Å²) in [6.07, 6.45) is -7.13. The molecule has 0 fully saturated rings. The van der Waals surface area contributed by atoms with E-state index in [0.717, 1.165) is 0 Å². The maximum absolute atomic E-state index is 12.2. The van der Waals surface area contributed by atoms with E-state index in [1.54, 1.807) is 0 Å². The fraction of sp³-hybridized carbons (Fsp3) is 0.182. The lowest BCUT2D eigenvalue weighted by atomic mass is 10.1. The Balaban J connectivity index is 0.000000256. The maximum atomic E-state index is 12.2. The zero-order chi connectivity index (χ0) is 27.4. The molecule has 14 heteroatoms. The highest BCUT2D eigenvalue weighted by molar-refractivity contribution is 7.97. The smallest absolute Gasteiger partial charge is 0.281 e. The first-order chi connectivity index (χ1) is 16.4. The van der Waals surface area contributed by atoms with Gasteiger partial charge in [0.05, 0.1) is 10.9 Å². The van der Waals surface area contributed by atoms with Crippen molar-refractivity contribution < 1.29 is 52.5 Å². The van der Waals surface area contributed by atoms with E-state index >= 15 is 0 Å². The summed E-state index contributed by atoms with van der Waals surface area (Å²) in [5.41, 5.74) is 0. The van der Waals surface area contributed by atoms with Gasteiger partial charge in [-0.2, -0.15) is 47.9 Å². The minimum atomic E-state index is -7.37. The highest BCUT2D eigenvalue weighted by Crippen LogP contribution is 2.54. The Labute approximate surface area is 202 Å². The highest BCUT2D eigenvalue weighted by atomic mass is 32.2. The van der Waals surface area contributed by atoms with Crippen LogP contribution in [0.2, 0.25) is 0 Å². The third-order valence-corrected chi connectivity index (χ3v) is 7.51. The molecule has 3 nitrogen and oxygen atoms in total. The zero-order valence-electron chi connectivity index (χ0n) is 17.6. The monoisotopic (exact) mass is 563 g/mol. The van der Waals surface area contributed by atoms with Crippen LogP contribution in [-0.2, 0) is 21.0 Å². The summed E-state index contributed by atoms with van der Waals surface area (Å²) in [6, 6.07) is 32.2. The van der Waals surface area contributed by atoms with Gasteiger partial charge < -0.3 is 0 Å². The lowest BCUT2D eigenvalue weighted by Crippen LogP contribution is -2.63. The molecule has 0 aliphatic carbocycles. The summed E-state index contributed by atoms with van der Waals surface area (Å²) in [6.45, 7) is 0.